The summed E-state index contributed by atoms with van der Waals surface area (Å²) in [4.78, 5) is 23.4. The maximum Gasteiger partial charge on any atom is 0.419 e. The van der Waals surface area contributed by atoms with E-state index in [1.54, 1.807) is 18.2 Å². The number of amides is 1. The highest BCUT2D eigenvalue weighted by molar-refractivity contribution is 5.76. The molecule has 1 unspecified atom stereocenters. The molecule has 6 heteroatoms. The zero-order chi connectivity index (χ0) is 15.2. The molecule has 114 valence electrons. The Labute approximate surface area is 122 Å². The Kier molecular flexibility index (Phi) is 5.16. The van der Waals surface area contributed by atoms with Crippen LogP contribution in [0.3, 0.4) is 0 Å². The Balaban J connectivity index is 1.88. The van der Waals surface area contributed by atoms with Crippen LogP contribution in [-0.2, 0) is 11.3 Å². The second kappa shape index (κ2) is 7.08. The molecule has 1 atom stereocenters. The summed E-state index contributed by atoms with van der Waals surface area (Å²) in [6.45, 7) is 2.61. The van der Waals surface area contributed by atoms with Gasteiger partial charge in [-0.25, -0.2) is 4.79 Å². The molecule has 0 fully saturated rings. The highest BCUT2D eigenvalue weighted by Gasteiger charge is 2.10. The average Bonchev–Trinajstić information content (AvgIpc) is 2.80. The number of rotatable bonds is 7. The van der Waals surface area contributed by atoms with Crippen LogP contribution in [0.25, 0.3) is 11.1 Å². The molecule has 1 amide bonds. The summed E-state index contributed by atoms with van der Waals surface area (Å²) >= 11 is 0. The number of carbonyl (C=O) groups excluding carboxylic acids is 1. The number of aryl methyl sites for hydroxylation is 1. The Bertz CT molecular complexity index is 659. The van der Waals surface area contributed by atoms with E-state index >= 15 is 0 Å². The Morgan fingerprint density at radius 2 is 2.19 bits per heavy atom. The normalized spacial score (nSPS) is 12.5. The molecule has 2 rings (SSSR count). The number of fused-ring (bicyclic) bond motifs is 1. The van der Waals surface area contributed by atoms with Crippen LogP contribution in [0, 0.1) is 0 Å². The molecule has 0 saturated heterocycles. The number of aliphatic hydroxyl groups is 1. The van der Waals surface area contributed by atoms with Gasteiger partial charge in [0.1, 0.15) is 0 Å². The summed E-state index contributed by atoms with van der Waals surface area (Å²) in [5, 5.41) is 12.1. The number of aromatic nitrogens is 1. The minimum Gasteiger partial charge on any atom is -0.408 e. The fourth-order valence-electron chi connectivity index (χ4n) is 2.11. The molecule has 1 aromatic heterocycles. The first kappa shape index (κ1) is 15.3. The van der Waals surface area contributed by atoms with E-state index in [9.17, 15) is 14.7 Å². The third kappa shape index (κ3) is 3.95. The van der Waals surface area contributed by atoms with Crippen molar-refractivity contribution in [1.82, 2.24) is 9.88 Å². The van der Waals surface area contributed by atoms with Crippen molar-refractivity contribution in [2.24, 2.45) is 0 Å². The van der Waals surface area contributed by atoms with E-state index in [-0.39, 0.29) is 25.0 Å². The van der Waals surface area contributed by atoms with Crippen molar-refractivity contribution >= 4 is 17.0 Å². The Morgan fingerprint density at radius 3 is 2.95 bits per heavy atom. The van der Waals surface area contributed by atoms with Gasteiger partial charge in [-0.1, -0.05) is 19.1 Å². The number of carbonyl (C=O) groups is 1. The van der Waals surface area contributed by atoms with E-state index in [2.05, 4.69) is 5.32 Å². The minimum atomic E-state index is -0.453. The smallest absolute Gasteiger partial charge is 0.408 e. The minimum absolute atomic E-state index is 0.143. The largest absolute Gasteiger partial charge is 0.419 e. The van der Waals surface area contributed by atoms with Crippen LogP contribution >= 0.6 is 0 Å². The zero-order valence-corrected chi connectivity index (χ0v) is 12.0. The molecular formula is C15H20N2O4. The monoisotopic (exact) mass is 292 g/mol. The van der Waals surface area contributed by atoms with Gasteiger partial charge in [-0.3, -0.25) is 9.36 Å². The maximum absolute atomic E-state index is 11.7. The molecule has 0 aliphatic heterocycles. The topological polar surface area (TPSA) is 84.5 Å². The van der Waals surface area contributed by atoms with E-state index < -0.39 is 5.76 Å². The Hall–Kier alpha value is -2.08. The van der Waals surface area contributed by atoms with E-state index in [0.717, 1.165) is 0 Å². The molecule has 1 aromatic carbocycles. The molecule has 0 aliphatic carbocycles. The number of oxazole rings is 1. The summed E-state index contributed by atoms with van der Waals surface area (Å²) in [7, 11) is 0. The van der Waals surface area contributed by atoms with E-state index in [1.165, 1.54) is 4.57 Å². The molecule has 1 heterocycles. The highest BCUT2D eigenvalue weighted by atomic mass is 16.4. The molecule has 2 aromatic rings. The van der Waals surface area contributed by atoms with Gasteiger partial charge in [0.05, 0.1) is 11.6 Å². The van der Waals surface area contributed by atoms with E-state index in [1.807, 2.05) is 13.0 Å². The van der Waals surface area contributed by atoms with Gasteiger partial charge in [-0.05, 0) is 25.0 Å². The second-order valence-corrected chi connectivity index (χ2v) is 4.94. The average molecular weight is 292 g/mol. The number of nitrogens with one attached hydrogen (secondary N) is 1. The van der Waals surface area contributed by atoms with Crippen LogP contribution in [0.2, 0.25) is 0 Å². The summed E-state index contributed by atoms with van der Waals surface area (Å²) in [6, 6.07) is 7.12. The van der Waals surface area contributed by atoms with Gasteiger partial charge in [0.15, 0.2) is 5.58 Å². The molecule has 0 spiro atoms. The van der Waals surface area contributed by atoms with Gasteiger partial charge in [-0.15, -0.1) is 0 Å². The Morgan fingerprint density at radius 1 is 1.43 bits per heavy atom. The summed E-state index contributed by atoms with van der Waals surface area (Å²) in [5.41, 5.74) is 1.21. The first-order valence-electron chi connectivity index (χ1n) is 7.15. The summed E-state index contributed by atoms with van der Waals surface area (Å²) in [6.07, 6.45) is 1.03. The van der Waals surface area contributed by atoms with Crippen molar-refractivity contribution in [1.29, 1.82) is 0 Å². The van der Waals surface area contributed by atoms with Crippen LogP contribution in [0.15, 0.2) is 33.5 Å². The molecule has 2 N–H and O–H groups in total. The maximum atomic E-state index is 11.7. The van der Waals surface area contributed by atoms with Crippen molar-refractivity contribution in [2.45, 2.75) is 38.8 Å². The van der Waals surface area contributed by atoms with Crippen molar-refractivity contribution in [3.05, 3.63) is 34.8 Å². The second-order valence-electron chi connectivity index (χ2n) is 4.94. The van der Waals surface area contributed by atoms with Crippen LogP contribution in [-0.4, -0.2) is 28.2 Å². The molecule has 0 bridgehead atoms. The molecular weight excluding hydrogens is 272 g/mol. The van der Waals surface area contributed by atoms with Crippen LogP contribution in [0.5, 0.6) is 0 Å². The number of nitrogens with zero attached hydrogens (tertiary/aromatic N) is 1. The number of benzene rings is 1. The van der Waals surface area contributed by atoms with E-state index in [0.29, 0.717) is 30.5 Å². The van der Waals surface area contributed by atoms with Gasteiger partial charge < -0.3 is 14.8 Å². The van der Waals surface area contributed by atoms with Gasteiger partial charge >= 0.3 is 5.76 Å². The van der Waals surface area contributed by atoms with Crippen LogP contribution < -0.4 is 11.1 Å². The van der Waals surface area contributed by atoms with Crippen molar-refractivity contribution in [2.75, 3.05) is 6.54 Å². The third-order valence-corrected chi connectivity index (χ3v) is 3.41. The fraction of sp³-hybridized carbons (Fsp3) is 0.467. The zero-order valence-electron chi connectivity index (χ0n) is 12.0. The first-order chi connectivity index (χ1) is 10.1. The lowest BCUT2D eigenvalue weighted by Gasteiger charge is -2.09. The molecule has 21 heavy (non-hydrogen) atoms. The van der Waals surface area contributed by atoms with Gasteiger partial charge in [-0.2, -0.15) is 0 Å². The number of hydrogen-bond donors (Lipinski definition) is 2. The van der Waals surface area contributed by atoms with Gasteiger partial charge in [0.25, 0.3) is 0 Å². The first-order valence-corrected chi connectivity index (χ1v) is 7.15. The fourth-order valence-corrected chi connectivity index (χ4v) is 2.11. The number of hydrogen-bond acceptors (Lipinski definition) is 4. The molecule has 0 radical (unpaired) electrons. The summed E-state index contributed by atoms with van der Waals surface area (Å²) < 4.78 is 6.56. The standard InChI is InChI=1S/C15H20N2O4/c1-2-11(18)7-9-16-14(19)8-10-17-12-5-3-4-6-13(12)21-15(17)20/h3-6,11,18H,2,7-10H2,1H3,(H,16,19). The number of para-hydroxylation sites is 2. The van der Waals surface area contributed by atoms with Gasteiger partial charge in [0, 0.05) is 19.5 Å². The van der Waals surface area contributed by atoms with Crippen molar-refractivity contribution in [3.8, 4) is 0 Å². The third-order valence-electron chi connectivity index (χ3n) is 3.41. The van der Waals surface area contributed by atoms with Crippen molar-refractivity contribution < 1.29 is 14.3 Å². The quantitative estimate of drug-likeness (QED) is 0.804. The lowest BCUT2D eigenvalue weighted by atomic mass is 10.2. The lowest BCUT2D eigenvalue weighted by Crippen LogP contribution is -2.28. The molecule has 6 nitrogen and oxygen atoms in total. The SMILES string of the molecule is CCC(O)CCNC(=O)CCn1c(=O)oc2ccccc21. The summed E-state index contributed by atoms with van der Waals surface area (Å²) in [5.74, 6) is -0.596. The lowest BCUT2D eigenvalue weighted by molar-refractivity contribution is -0.121. The molecule has 0 aliphatic rings. The predicted octanol–water partition coefficient (Wildman–Crippen LogP) is 1.26. The van der Waals surface area contributed by atoms with Gasteiger partial charge in [0.2, 0.25) is 5.91 Å². The van der Waals surface area contributed by atoms with Crippen molar-refractivity contribution in [3.63, 3.8) is 0 Å². The molecule has 0 saturated carbocycles. The number of aliphatic hydroxyl groups excluding tert-OH is 1. The highest BCUT2D eigenvalue weighted by Crippen LogP contribution is 2.11. The van der Waals surface area contributed by atoms with Crippen LogP contribution in [0.4, 0.5) is 0 Å². The van der Waals surface area contributed by atoms with E-state index in [4.69, 9.17) is 4.42 Å². The predicted molar refractivity (Wildman–Crippen MR) is 79.0 cm³/mol. The van der Waals surface area contributed by atoms with Crippen LogP contribution in [0.1, 0.15) is 26.2 Å².